The van der Waals surface area contributed by atoms with Gasteiger partial charge < -0.3 is 0 Å². The molecule has 4 unspecified atom stereocenters. The number of rotatable bonds is 9. The Labute approximate surface area is 193 Å². The summed E-state index contributed by atoms with van der Waals surface area (Å²) >= 11 is 0. The summed E-state index contributed by atoms with van der Waals surface area (Å²) in [6, 6.07) is 21.6. The molecular weight excluding hydrogens is 402 g/mol. The highest BCUT2D eigenvalue weighted by Gasteiger charge is 2.31. The van der Waals surface area contributed by atoms with Crippen LogP contribution in [-0.4, -0.2) is 29.8 Å². The van der Waals surface area contributed by atoms with E-state index in [4.69, 9.17) is 5.26 Å². The maximum Gasteiger partial charge on any atom is 0.132 e. The first-order chi connectivity index (χ1) is 15.5. The Bertz CT molecular complexity index is 800. The van der Waals surface area contributed by atoms with Crippen LogP contribution in [0.5, 0.6) is 0 Å². The molecule has 0 aliphatic heterocycles. The largest absolute Gasteiger partial charge is 0.296 e. The van der Waals surface area contributed by atoms with Crippen molar-refractivity contribution in [2.75, 3.05) is 6.54 Å². The fourth-order valence-electron chi connectivity index (χ4n) is 4.63. The topological polar surface area (TPSA) is 27.0 Å². The minimum Gasteiger partial charge on any atom is -0.296 e. The van der Waals surface area contributed by atoms with E-state index in [9.17, 15) is 8.78 Å². The zero-order chi connectivity index (χ0) is 23.3. The third-order valence-corrected chi connectivity index (χ3v) is 6.53. The smallest absolute Gasteiger partial charge is 0.132 e. The van der Waals surface area contributed by atoms with Crippen LogP contribution in [-0.2, 0) is 13.0 Å². The molecule has 0 radical (unpaired) electrons. The van der Waals surface area contributed by atoms with Crippen LogP contribution in [0.2, 0.25) is 0 Å². The average Bonchev–Trinajstić information content (AvgIpc) is 2.82. The Kier molecular flexibility index (Phi) is 11.4. The fraction of sp³-hybridized carbons (Fsp3) is 0.536. The van der Waals surface area contributed by atoms with Crippen molar-refractivity contribution in [2.45, 2.75) is 90.1 Å². The predicted molar refractivity (Wildman–Crippen MR) is 129 cm³/mol. The van der Waals surface area contributed by atoms with Crippen molar-refractivity contribution < 1.29 is 8.78 Å². The second-order valence-corrected chi connectivity index (χ2v) is 8.66. The standard InChI is InChI=1S/C26H35F2N.C2H3N/c1-3-24(29(4-2)19-21-8-6-5-7-9-21)16-12-20-10-13-22(14-11-20)23-15-17-25(27)26(28)18-23;1-2-3/h5-11,13-14,23-26H,3-4,12,15-19H2,1-2H3;1H3. The van der Waals surface area contributed by atoms with Gasteiger partial charge in [0.05, 0.1) is 6.07 Å². The molecule has 1 saturated carbocycles. The van der Waals surface area contributed by atoms with E-state index in [1.165, 1.54) is 18.1 Å². The number of halogens is 2. The second kappa shape index (κ2) is 14.0. The first-order valence-electron chi connectivity index (χ1n) is 12.0. The van der Waals surface area contributed by atoms with E-state index < -0.39 is 12.3 Å². The Hall–Kier alpha value is -2.25. The molecule has 2 nitrogen and oxygen atoms in total. The van der Waals surface area contributed by atoms with Gasteiger partial charge in [0.25, 0.3) is 0 Å². The third-order valence-electron chi connectivity index (χ3n) is 6.53. The first kappa shape index (κ1) is 26.0. The molecular formula is C28H38F2N2. The van der Waals surface area contributed by atoms with E-state index in [1.807, 2.05) is 0 Å². The van der Waals surface area contributed by atoms with E-state index >= 15 is 0 Å². The van der Waals surface area contributed by atoms with Crippen molar-refractivity contribution in [3.63, 3.8) is 0 Å². The number of aryl methyl sites for hydroxylation is 1. The van der Waals surface area contributed by atoms with Gasteiger partial charge in [-0.15, -0.1) is 0 Å². The summed E-state index contributed by atoms with van der Waals surface area (Å²) in [6.45, 7) is 7.99. The third kappa shape index (κ3) is 8.02. The van der Waals surface area contributed by atoms with Crippen LogP contribution in [0.1, 0.15) is 75.5 Å². The highest BCUT2D eigenvalue weighted by molar-refractivity contribution is 5.26. The van der Waals surface area contributed by atoms with Gasteiger partial charge in [-0.2, -0.15) is 5.26 Å². The van der Waals surface area contributed by atoms with Crippen LogP contribution in [0.3, 0.4) is 0 Å². The number of benzene rings is 2. The molecule has 1 fully saturated rings. The molecule has 3 rings (SSSR count). The van der Waals surface area contributed by atoms with E-state index in [1.54, 1.807) is 6.07 Å². The Balaban J connectivity index is 0.00000114. The van der Waals surface area contributed by atoms with Crippen LogP contribution in [0, 0.1) is 11.3 Å². The van der Waals surface area contributed by atoms with E-state index in [-0.39, 0.29) is 5.92 Å². The molecule has 1 aliphatic carbocycles. The lowest BCUT2D eigenvalue weighted by molar-refractivity contribution is 0.108. The van der Waals surface area contributed by atoms with E-state index in [0.29, 0.717) is 18.9 Å². The van der Waals surface area contributed by atoms with Crippen molar-refractivity contribution in [3.05, 3.63) is 71.3 Å². The van der Waals surface area contributed by atoms with Gasteiger partial charge in [0.2, 0.25) is 0 Å². The van der Waals surface area contributed by atoms with Gasteiger partial charge in [-0.05, 0) is 67.7 Å². The molecule has 0 amide bonds. The molecule has 0 bridgehead atoms. The molecule has 1 aliphatic rings. The maximum atomic E-state index is 13.7. The first-order valence-corrected chi connectivity index (χ1v) is 12.0. The van der Waals surface area contributed by atoms with Crippen LogP contribution in [0.15, 0.2) is 54.6 Å². The van der Waals surface area contributed by atoms with Gasteiger partial charge in [-0.1, -0.05) is 68.4 Å². The molecule has 32 heavy (non-hydrogen) atoms. The monoisotopic (exact) mass is 440 g/mol. The minimum atomic E-state index is -1.30. The molecule has 0 aromatic heterocycles. The summed E-state index contributed by atoms with van der Waals surface area (Å²) in [5.41, 5.74) is 3.86. The van der Waals surface area contributed by atoms with E-state index in [2.05, 4.69) is 73.3 Å². The molecule has 0 heterocycles. The highest BCUT2D eigenvalue weighted by atomic mass is 19.2. The van der Waals surface area contributed by atoms with Gasteiger partial charge in [0.1, 0.15) is 12.3 Å². The summed E-state index contributed by atoms with van der Waals surface area (Å²) in [4.78, 5) is 2.57. The van der Waals surface area contributed by atoms with E-state index in [0.717, 1.165) is 44.3 Å². The van der Waals surface area contributed by atoms with Crippen LogP contribution < -0.4 is 0 Å². The van der Waals surface area contributed by atoms with Gasteiger partial charge in [0, 0.05) is 19.5 Å². The lowest BCUT2D eigenvalue weighted by atomic mass is 9.82. The van der Waals surface area contributed by atoms with Gasteiger partial charge in [0.15, 0.2) is 0 Å². The molecule has 174 valence electrons. The molecule has 0 saturated heterocycles. The van der Waals surface area contributed by atoms with Crippen LogP contribution in [0.25, 0.3) is 0 Å². The second-order valence-electron chi connectivity index (χ2n) is 8.66. The maximum absolute atomic E-state index is 13.7. The molecule has 0 spiro atoms. The van der Waals surface area contributed by atoms with Gasteiger partial charge in [-0.25, -0.2) is 8.78 Å². The van der Waals surface area contributed by atoms with Crippen molar-refractivity contribution in [3.8, 4) is 6.07 Å². The van der Waals surface area contributed by atoms with Gasteiger partial charge in [-0.3, -0.25) is 4.90 Å². The fourth-order valence-corrected chi connectivity index (χ4v) is 4.63. The van der Waals surface area contributed by atoms with Crippen LogP contribution >= 0.6 is 0 Å². The molecule has 4 heteroatoms. The lowest BCUT2D eigenvalue weighted by Gasteiger charge is -2.30. The molecule has 4 atom stereocenters. The summed E-state index contributed by atoms with van der Waals surface area (Å²) in [6.07, 6.45) is 2.18. The molecule has 2 aromatic carbocycles. The number of nitriles is 1. The Morgan fingerprint density at radius 3 is 2.19 bits per heavy atom. The number of alkyl halides is 2. The predicted octanol–water partition coefficient (Wildman–Crippen LogP) is 7.39. The normalized spacial score (nSPS) is 21.3. The molecule has 2 aromatic rings. The van der Waals surface area contributed by atoms with Crippen LogP contribution in [0.4, 0.5) is 8.78 Å². The van der Waals surface area contributed by atoms with Gasteiger partial charge >= 0.3 is 0 Å². The highest BCUT2D eigenvalue weighted by Crippen LogP contribution is 2.36. The zero-order valence-corrected chi connectivity index (χ0v) is 19.8. The molecule has 0 N–H and O–H groups in total. The summed E-state index contributed by atoms with van der Waals surface area (Å²) < 4.78 is 27.1. The summed E-state index contributed by atoms with van der Waals surface area (Å²) in [5.74, 6) is 0.163. The quantitative estimate of drug-likeness (QED) is 0.406. The van der Waals surface area contributed by atoms with Crippen molar-refractivity contribution in [1.82, 2.24) is 4.90 Å². The summed E-state index contributed by atoms with van der Waals surface area (Å²) in [5, 5.41) is 7.32. The minimum absolute atomic E-state index is 0.163. The van der Waals surface area contributed by atoms with Crippen molar-refractivity contribution >= 4 is 0 Å². The number of hydrogen-bond acceptors (Lipinski definition) is 2. The Morgan fingerprint density at radius 1 is 0.969 bits per heavy atom. The van der Waals surface area contributed by atoms with Crippen molar-refractivity contribution in [2.24, 2.45) is 0 Å². The Morgan fingerprint density at radius 2 is 1.62 bits per heavy atom. The average molecular weight is 441 g/mol. The summed E-state index contributed by atoms with van der Waals surface area (Å²) in [7, 11) is 0. The lowest BCUT2D eigenvalue weighted by Crippen LogP contribution is -2.34. The number of hydrogen-bond donors (Lipinski definition) is 0. The van der Waals surface area contributed by atoms with Crippen molar-refractivity contribution in [1.29, 1.82) is 5.26 Å². The SMILES string of the molecule is CC#N.CCC(CCc1ccc(C2CCC(F)C(F)C2)cc1)N(CC)Cc1ccccc1. The number of nitrogens with zero attached hydrogens (tertiary/aromatic N) is 2. The zero-order valence-electron chi connectivity index (χ0n) is 19.8.